The molecule has 0 aromatic rings. The first-order chi connectivity index (χ1) is 8.84. The van der Waals surface area contributed by atoms with Crippen molar-refractivity contribution in [1.82, 2.24) is 0 Å². The first kappa shape index (κ1) is 17.7. The Morgan fingerprint density at radius 3 is 2.00 bits per heavy atom. The molecule has 0 bridgehead atoms. The summed E-state index contributed by atoms with van der Waals surface area (Å²) in [7, 11) is 0. The Bertz CT molecular complexity index is 322. The first-order valence-electron chi connectivity index (χ1n) is 6.91. The third-order valence-electron chi connectivity index (χ3n) is 3.77. The summed E-state index contributed by atoms with van der Waals surface area (Å²) in [6.07, 6.45) is -9.93. The Hall–Kier alpha value is -0.360. The number of alkyl halides is 4. The van der Waals surface area contributed by atoms with E-state index in [4.69, 9.17) is 4.74 Å². The minimum Gasteiger partial charge on any atom is -0.390 e. The number of hydrogen-bond donors (Lipinski definition) is 1. The predicted octanol–water partition coefficient (Wildman–Crippen LogP) is 3.72. The molecule has 0 aromatic heterocycles. The van der Waals surface area contributed by atoms with Crippen molar-refractivity contribution in [3.63, 3.8) is 0 Å². The average Bonchev–Trinajstić information content (AvgIpc) is 2.20. The van der Waals surface area contributed by atoms with Gasteiger partial charge in [0, 0.05) is 0 Å². The smallest absolute Gasteiger partial charge is 0.390 e. The fraction of sp³-hybridized carbons (Fsp3) is 1.00. The highest BCUT2D eigenvalue weighted by Crippen LogP contribution is 2.45. The van der Waals surface area contributed by atoms with Crippen LogP contribution in [0.1, 0.15) is 41.0 Å². The number of halogens is 4. The van der Waals surface area contributed by atoms with E-state index in [9.17, 15) is 22.7 Å². The van der Waals surface area contributed by atoms with E-state index in [1.807, 2.05) is 0 Å². The van der Waals surface area contributed by atoms with Gasteiger partial charge in [0.25, 0.3) is 0 Å². The molecule has 1 fully saturated rings. The lowest BCUT2D eigenvalue weighted by atomic mass is 9.71. The molecule has 1 aliphatic carbocycles. The topological polar surface area (TPSA) is 29.5 Å². The molecule has 0 amide bonds. The van der Waals surface area contributed by atoms with Gasteiger partial charge in [0.05, 0.1) is 17.6 Å². The quantitative estimate of drug-likeness (QED) is 0.788. The number of aliphatic hydroxyl groups is 1. The molecule has 5 unspecified atom stereocenters. The summed E-state index contributed by atoms with van der Waals surface area (Å²) >= 11 is 0. The molecule has 0 radical (unpaired) electrons. The van der Waals surface area contributed by atoms with Crippen molar-refractivity contribution >= 4 is 0 Å². The molecule has 5 atom stereocenters. The molecule has 120 valence electrons. The summed E-state index contributed by atoms with van der Waals surface area (Å²) < 4.78 is 59.1. The molecule has 0 saturated heterocycles. The van der Waals surface area contributed by atoms with Gasteiger partial charge in [-0.1, -0.05) is 13.8 Å². The van der Waals surface area contributed by atoms with Gasteiger partial charge in [-0.2, -0.15) is 13.2 Å². The molecular formula is C14H24F4O2. The van der Waals surface area contributed by atoms with Gasteiger partial charge in [0.2, 0.25) is 0 Å². The zero-order valence-electron chi connectivity index (χ0n) is 12.5. The highest BCUT2D eigenvalue weighted by Gasteiger charge is 2.56. The van der Waals surface area contributed by atoms with Crippen LogP contribution < -0.4 is 0 Å². The van der Waals surface area contributed by atoms with E-state index in [0.717, 1.165) is 0 Å². The van der Waals surface area contributed by atoms with Crippen molar-refractivity contribution < 1.29 is 27.4 Å². The maximum atomic E-state index is 14.3. The van der Waals surface area contributed by atoms with E-state index in [1.165, 1.54) is 0 Å². The van der Waals surface area contributed by atoms with Crippen LogP contribution in [0.3, 0.4) is 0 Å². The lowest BCUT2D eigenvalue weighted by Crippen LogP contribution is -2.56. The lowest BCUT2D eigenvalue weighted by molar-refractivity contribution is -0.263. The molecule has 0 heterocycles. The van der Waals surface area contributed by atoms with Crippen molar-refractivity contribution in [3.05, 3.63) is 0 Å². The van der Waals surface area contributed by atoms with Crippen molar-refractivity contribution in [3.8, 4) is 0 Å². The highest BCUT2D eigenvalue weighted by atomic mass is 19.4. The van der Waals surface area contributed by atoms with Crippen LogP contribution in [-0.2, 0) is 4.74 Å². The van der Waals surface area contributed by atoms with E-state index in [0.29, 0.717) is 0 Å². The lowest BCUT2D eigenvalue weighted by Gasteiger charge is -2.45. The summed E-state index contributed by atoms with van der Waals surface area (Å²) in [5, 5.41) is 9.94. The van der Waals surface area contributed by atoms with Crippen molar-refractivity contribution in [2.75, 3.05) is 0 Å². The van der Waals surface area contributed by atoms with Gasteiger partial charge in [0.1, 0.15) is 6.10 Å². The Labute approximate surface area is 117 Å². The van der Waals surface area contributed by atoms with E-state index in [-0.39, 0.29) is 12.3 Å². The summed E-state index contributed by atoms with van der Waals surface area (Å²) in [5.74, 6) is -2.81. The second-order valence-corrected chi connectivity index (χ2v) is 6.92. The molecule has 20 heavy (non-hydrogen) atoms. The van der Waals surface area contributed by atoms with E-state index >= 15 is 0 Å². The zero-order chi connectivity index (χ0) is 15.9. The Kier molecular flexibility index (Phi) is 5.12. The Morgan fingerprint density at radius 1 is 1.15 bits per heavy atom. The molecule has 1 saturated carbocycles. The van der Waals surface area contributed by atoms with Crippen LogP contribution in [0.5, 0.6) is 0 Å². The molecule has 0 aliphatic heterocycles. The third kappa shape index (κ3) is 4.07. The van der Waals surface area contributed by atoms with Gasteiger partial charge in [-0.25, -0.2) is 4.39 Å². The highest BCUT2D eigenvalue weighted by molar-refractivity contribution is 4.97. The van der Waals surface area contributed by atoms with Gasteiger partial charge in [0.15, 0.2) is 6.17 Å². The van der Waals surface area contributed by atoms with E-state index < -0.39 is 42.0 Å². The number of aliphatic hydroxyl groups excluding tert-OH is 1. The maximum absolute atomic E-state index is 14.3. The number of rotatable bonds is 2. The van der Waals surface area contributed by atoms with Crippen LogP contribution in [0.25, 0.3) is 0 Å². The largest absolute Gasteiger partial charge is 0.394 e. The zero-order valence-corrected chi connectivity index (χ0v) is 12.5. The maximum Gasteiger partial charge on any atom is 0.394 e. The fourth-order valence-electron chi connectivity index (χ4n) is 2.76. The second-order valence-electron chi connectivity index (χ2n) is 6.92. The van der Waals surface area contributed by atoms with Crippen LogP contribution >= 0.6 is 0 Å². The number of ether oxygens (including phenoxy) is 1. The second kappa shape index (κ2) is 5.79. The van der Waals surface area contributed by atoms with E-state index in [1.54, 1.807) is 34.6 Å². The van der Waals surface area contributed by atoms with Crippen LogP contribution in [0.2, 0.25) is 0 Å². The summed E-state index contributed by atoms with van der Waals surface area (Å²) in [6.45, 7) is 8.12. The normalized spacial score (nSPS) is 36.5. The first-order valence-corrected chi connectivity index (χ1v) is 6.91. The van der Waals surface area contributed by atoms with Gasteiger partial charge >= 0.3 is 6.18 Å². The van der Waals surface area contributed by atoms with Crippen LogP contribution in [-0.4, -0.2) is 35.3 Å². The molecule has 0 spiro atoms. The van der Waals surface area contributed by atoms with Gasteiger partial charge < -0.3 is 9.84 Å². The summed E-state index contributed by atoms with van der Waals surface area (Å²) in [6, 6.07) is 0. The van der Waals surface area contributed by atoms with Crippen molar-refractivity contribution in [1.29, 1.82) is 0 Å². The minimum absolute atomic E-state index is 0.219. The summed E-state index contributed by atoms with van der Waals surface area (Å²) in [5.41, 5.74) is -0.900. The Morgan fingerprint density at radius 2 is 1.65 bits per heavy atom. The van der Waals surface area contributed by atoms with Crippen LogP contribution in [0.4, 0.5) is 17.6 Å². The van der Waals surface area contributed by atoms with Gasteiger partial charge in [-0.05, 0) is 39.0 Å². The molecule has 0 aromatic carbocycles. The third-order valence-corrected chi connectivity index (χ3v) is 3.77. The van der Waals surface area contributed by atoms with Crippen LogP contribution in [0.15, 0.2) is 0 Å². The van der Waals surface area contributed by atoms with Gasteiger partial charge in [-0.15, -0.1) is 0 Å². The Balaban J connectivity index is 3.06. The van der Waals surface area contributed by atoms with Crippen molar-refractivity contribution in [2.45, 2.75) is 71.2 Å². The monoisotopic (exact) mass is 300 g/mol. The minimum atomic E-state index is -4.53. The average molecular weight is 300 g/mol. The molecule has 1 aliphatic rings. The summed E-state index contributed by atoms with van der Waals surface area (Å²) in [4.78, 5) is 0. The fourth-order valence-corrected chi connectivity index (χ4v) is 2.76. The molecule has 1 rings (SSSR count). The molecule has 1 N–H and O–H groups in total. The molecular weight excluding hydrogens is 276 g/mol. The molecule has 2 nitrogen and oxygen atoms in total. The van der Waals surface area contributed by atoms with Crippen LogP contribution in [0, 0.1) is 17.8 Å². The van der Waals surface area contributed by atoms with Gasteiger partial charge in [-0.3, -0.25) is 0 Å². The number of hydrogen-bond acceptors (Lipinski definition) is 2. The van der Waals surface area contributed by atoms with Crippen molar-refractivity contribution in [2.24, 2.45) is 17.8 Å². The van der Waals surface area contributed by atoms with E-state index in [2.05, 4.69) is 0 Å². The molecule has 6 heteroatoms. The predicted molar refractivity (Wildman–Crippen MR) is 68.0 cm³/mol. The SMILES string of the molecule is CC(C)C1CC(C(F)(F)F)C(OC(C)(C)C)C(F)C1O. The standard InChI is InChI=1S/C14H24F4O2/c1-7(2)8-6-9(14(16,17)18)12(10(15)11(8)19)20-13(3,4)5/h7-12,19H,6H2,1-5H3.